The molecule has 5 heteroatoms. The Morgan fingerprint density at radius 1 is 1.28 bits per heavy atom. The Labute approximate surface area is 148 Å². The molecule has 5 nitrogen and oxygen atoms in total. The number of rotatable bonds is 7. The third-order valence-corrected chi connectivity index (χ3v) is 4.47. The first-order valence-electron chi connectivity index (χ1n) is 8.63. The zero-order chi connectivity index (χ0) is 17.5. The van der Waals surface area contributed by atoms with Crippen LogP contribution >= 0.6 is 0 Å². The zero-order valence-corrected chi connectivity index (χ0v) is 14.5. The van der Waals surface area contributed by atoms with Crippen molar-refractivity contribution in [3.05, 3.63) is 60.1 Å². The number of benzene rings is 1. The average Bonchev–Trinajstić information content (AvgIpc) is 3.35. The molecule has 1 fully saturated rings. The molecule has 1 aliphatic heterocycles. The van der Waals surface area contributed by atoms with Crippen LogP contribution in [0.5, 0.6) is 5.75 Å². The minimum absolute atomic E-state index is 0.0934. The molecule has 1 N–H and O–H groups in total. The molecule has 1 unspecified atom stereocenters. The predicted molar refractivity (Wildman–Crippen MR) is 97.3 cm³/mol. The minimum Gasteiger partial charge on any atom is -0.497 e. The molecule has 0 saturated carbocycles. The summed E-state index contributed by atoms with van der Waals surface area (Å²) < 4.78 is 10.7. The van der Waals surface area contributed by atoms with Crippen molar-refractivity contribution in [2.45, 2.75) is 18.9 Å². The number of carbonyl (C=O) groups excluding carboxylic acids is 1. The molecule has 132 valence electrons. The molecule has 3 rings (SSSR count). The molecular formula is C20H24N2O3. The highest BCUT2D eigenvalue weighted by Gasteiger charge is 2.25. The maximum absolute atomic E-state index is 12.2. The number of amides is 1. The normalized spacial score (nSPS) is 16.2. The first-order chi connectivity index (χ1) is 12.3. The third-order valence-electron chi connectivity index (χ3n) is 4.47. The van der Waals surface area contributed by atoms with Gasteiger partial charge < -0.3 is 14.5 Å². The van der Waals surface area contributed by atoms with Gasteiger partial charge >= 0.3 is 0 Å². The van der Waals surface area contributed by atoms with E-state index in [1.165, 1.54) is 12.8 Å². The Morgan fingerprint density at radius 3 is 2.68 bits per heavy atom. The van der Waals surface area contributed by atoms with Gasteiger partial charge in [0.15, 0.2) is 0 Å². The molecule has 25 heavy (non-hydrogen) atoms. The quantitative estimate of drug-likeness (QED) is 0.786. The predicted octanol–water partition coefficient (Wildman–Crippen LogP) is 3.25. The number of hydrogen-bond donors (Lipinski definition) is 1. The van der Waals surface area contributed by atoms with Crippen LogP contribution in [0.15, 0.2) is 53.2 Å². The third kappa shape index (κ3) is 4.73. The van der Waals surface area contributed by atoms with E-state index in [2.05, 4.69) is 10.2 Å². The molecule has 0 bridgehead atoms. The van der Waals surface area contributed by atoms with Gasteiger partial charge in [-0.05, 0) is 61.8 Å². The second-order valence-corrected chi connectivity index (χ2v) is 6.13. The van der Waals surface area contributed by atoms with Crippen LogP contribution in [-0.2, 0) is 4.79 Å². The molecule has 0 radical (unpaired) electrons. The summed E-state index contributed by atoms with van der Waals surface area (Å²) in [7, 11) is 1.63. The lowest BCUT2D eigenvalue weighted by Gasteiger charge is -2.25. The van der Waals surface area contributed by atoms with Crippen LogP contribution in [-0.4, -0.2) is 37.6 Å². The summed E-state index contributed by atoms with van der Waals surface area (Å²) in [5.41, 5.74) is 0.957. The van der Waals surface area contributed by atoms with Crippen LogP contribution in [0.3, 0.4) is 0 Å². The molecule has 1 aliphatic rings. The zero-order valence-electron chi connectivity index (χ0n) is 14.5. The summed E-state index contributed by atoms with van der Waals surface area (Å²) >= 11 is 0. The van der Waals surface area contributed by atoms with Crippen molar-refractivity contribution in [1.29, 1.82) is 0 Å². The maximum Gasteiger partial charge on any atom is 0.244 e. The van der Waals surface area contributed by atoms with Crippen LogP contribution in [0.1, 0.15) is 30.2 Å². The summed E-state index contributed by atoms with van der Waals surface area (Å²) in [5.74, 6) is 1.60. The Hall–Kier alpha value is -2.53. The van der Waals surface area contributed by atoms with Gasteiger partial charge in [-0.3, -0.25) is 9.69 Å². The molecule has 1 saturated heterocycles. The molecule has 2 heterocycles. The lowest BCUT2D eigenvalue weighted by atomic mass is 10.2. The van der Waals surface area contributed by atoms with Gasteiger partial charge in [0.1, 0.15) is 11.5 Å². The molecule has 1 atom stereocenters. The van der Waals surface area contributed by atoms with Gasteiger partial charge in [-0.15, -0.1) is 0 Å². The average molecular weight is 340 g/mol. The van der Waals surface area contributed by atoms with Crippen LogP contribution in [0.25, 0.3) is 6.08 Å². The number of nitrogens with one attached hydrogen (secondary N) is 1. The molecule has 0 spiro atoms. The Bertz CT molecular complexity index is 686. The van der Waals surface area contributed by atoms with Crippen molar-refractivity contribution >= 4 is 12.0 Å². The maximum atomic E-state index is 12.2. The summed E-state index contributed by atoms with van der Waals surface area (Å²) in [5, 5.41) is 2.99. The standard InChI is InChI=1S/C20H24N2O3/c1-24-17-9-6-16(7-10-17)8-11-20(23)21-15-18(19-5-4-14-25-19)22-12-2-3-13-22/h4-11,14,18H,2-3,12-13,15H2,1H3,(H,21,23)/b11-8+. The van der Waals surface area contributed by atoms with Gasteiger partial charge in [0.05, 0.1) is 19.4 Å². The molecule has 1 aromatic heterocycles. The van der Waals surface area contributed by atoms with Gasteiger partial charge in [-0.2, -0.15) is 0 Å². The highest BCUT2D eigenvalue weighted by atomic mass is 16.5. The van der Waals surface area contributed by atoms with Crippen molar-refractivity contribution in [3.63, 3.8) is 0 Å². The molecular weight excluding hydrogens is 316 g/mol. The summed E-state index contributed by atoms with van der Waals surface area (Å²) in [6, 6.07) is 11.5. The number of hydrogen-bond acceptors (Lipinski definition) is 4. The van der Waals surface area contributed by atoms with Gasteiger partial charge in [0.2, 0.25) is 5.91 Å². The number of ether oxygens (including phenoxy) is 1. The van der Waals surface area contributed by atoms with Crippen LogP contribution in [0.2, 0.25) is 0 Å². The largest absolute Gasteiger partial charge is 0.497 e. The SMILES string of the molecule is COc1ccc(/C=C/C(=O)NCC(c2ccco2)N2CCCC2)cc1. The van der Waals surface area contributed by atoms with Crippen LogP contribution in [0, 0.1) is 0 Å². The van der Waals surface area contributed by atoms with Crippen molar-refractivity contribution in [2.75, 3.05) is 26.7 Å². The Kier molecular flexibility index (Phi) is 5.90. The van der Waals surface area contributed by atoms with E-state index < -0.39 is 0 Å². The molecule has 1 amide bonds. The van der Waals surface area contributed by atoms with E-state index in [0.717, 1.165) is 30.2 Å². The van der Waals surface area contributed by atoms with Crippen molar-refractivity contribution in [3.8, 4) is 5.75 Å². The van der Waals surface area contributed by atoms with Crippen molar-refractivity contribution in [2.24, 2.45) is 0 Å². The summed E-state index contributed by atoms with van der Waals surface area (Å²) in [4.78, 5) is 14.5. The number of furan rings is 1. The number of nitrogens with zero attached hydrogens (tertiary/aromatic N) is 1. The number of carbonyl (C=O) groups is 1. The number of likely N-dealkylation sites (tertiary alicyclic amines) is 1. The van der Waals surface area contributed by atoms with Crippen LogP contribution in [0.4, 0.5) is 0 Å². The molecule has 2 aromatic rings. The fraction of sp³-hybridized carbons (Fsp3) is 0.350. The summed E-state index contributed by atoms with van der Waals surface area (Å²) in [6.45, 7) is 2.63. The second kappa shape index (κ2) is 8.53. The van der Waals surface area contributed by atoms with Crippen LogP contribution < -0.4 is 10.1 Å². The van der Waals surface area contributed by atoms with E-state index in [-0.39, 0.29) is 11.9 Å². The van der Waals surface area contributed by atoms with E-state index in [1.54, 1.807) is 25.5 Å². The van der Waals surface area contributed by atoms with E-state index in [0.29, 0.717) is 6.54 Å². The summed E-state index contributed by atoms with van der Waals surface area (Å²) in [6.07, 6.45) is 7.44. The topological polar surface area (TPSA) is 54.7 Å². The fourth-order valence-corrected chi connectivity index (χ4v) is 3.09. The lowest BCUT2D eigenvalue weighted by molar-refractivity contribution is -0.116. The van der Waals surface area contributed by atoms with E-state index in [4.69, 9.17) is 9.15 Å². The smallest absolute Gasteiger partial charge is 0.244 e. The van der Waals surface area contributed by atoms with Gasteiger partial charge in [0.25, 0.3) is 0 Å². The highest BCUT2D eigenvalue weighted by molar-refractivity contribution is 5.91. The van der Waals surface area contributed by atoms with E-state index in [9.17, 15) is 4.79 Å². The van der Waals surface area contributed by atoms with Gasteiger partial charge in [-0.25, -0.2) is 0 Å². The first-order valence-corrected chi connectivity index (χ1v) is 8.63. The Morgan fingerprint density at radius 2 is 2.04 bits per heavy atom. The van der Waals surface area contributed by atoms with Gasteiger partial charge in [0, 0.05) is 12.6 Å². The molecule has 0 aliphatic carbocycles. The highest BCUT2D eigenvalue weighted by Crippen LogP contribution is 2.24. The van der Waals surface area contributed by atoms with Crippen molar-refractivity contribution < 1.29 is 13.9 Å². The van der Waals surface area contributed by atoms with E-state index >= 15 is 0 Å². The fourth-order valence-electron chi connectivity index (χ4n) is 3.09. The molecule has 1 aromatic carbocycles. The van der Waals surface area contributed by atoms with Crippen molar-refractivity contribution in [1.82, 2.24) is 10.2 Å². The monoisotopic (exact) mass is 340 g/mol. The number of methoxy groups -OCH3 is 1. The minimum atomic E-state index is -0.105. The Balaban J connectivity index is 1.56. The lowest BCUT2D eigenvalue weighted by Crippen LogP contribution is -2.36. The van der Waals surface area contributed by atoms with Gasteiger partial charge in [-0.1, -0.05) is 12.1 Å². The first kappa shape index (κ1) is 17.3. The van der Waals surface area contributed by atoms with E-state index in [1.807, 2.05) is 36.4 Å². The second-order valence-electron chi connectivity index (χ2n) is 6.13.